The summed E-state index contributed by atoms with van der Waals surface area (Å²) in [7, 11) is -3.77. The summed E-state index contributed by atoms with van der Waals surface area (Å²) in [4.78, 5) is 16.1. The number of benzene rings is 2. The first kappa shape index (κ1) is 21.1. The third-order valence-electron chi connectivity index (χ3n) is 3.77. The first-order valence-corrected chi connectivity index (χ1v) is 10.9. The van der Waals surface area contributed by atoms with Crippen molar-refractivity contribution >= 4 is 42.6 Å². The maximum absolute atomic E-state index is 13.2. The second-order valence-corrected chi connectivity index (χ2v) is 8.65. The summed E-state index contributed by atoms with van der Waals surface area (Å²) >= 11 is 0.989. The molecule has 0 saturated carbocycles. The predicted octanol–water partition coefficient (Wildman–Crippen LogP) is 3.28. The topological polar surface area (TPSA) is 97.4 Å². The van der Waals surface area contributed by atoms with E-state index >= 15 is 0 Å². The fourth-order valence-electron chi connectivity index (χ4n) is 2.42. The van der Waals surface area contributed by atoms with E-state index in [1.165, 1.54) is 12.1 Å². The lowest BCUT2D eigenvalue weighted by molar-refractivity contribution is -0.116. The largest absolute Gasteiger partial charge is 0.494 e. The summed E-state index contributed by atoms with van der Waals surface area (Å²) in [6, 6.07) is 7.86. The van der Waals surface area contributed by atoms with E-state index in [1.807, 2.05) is 6.92 Å². The van der Waals surface area contributed by atoms with Crippen molar-refractivity contribution in [2.45, 2.75) is 18.2 Å². The van der Waals surface area contributed by atoms with Gasteiger partial charge in [-0.25, -0.2) is 26.9 Å². The minimum absolute atomic E-state index is 0.0524. The number of aromatic nitrogens is 1. The van der Waals surface area contributed by atoms with Crippen molar-refractivity contribution in [3.05, 3.63) is 48.0 Å². The highest BCUT2D eigenvalue weighted by atomic mass is 32.2. The molecule has 0 aliphatic heterocycles. The zero-order chi connectivity index (χ0) is 21.0. The number of carbonyl (C=O) groups excluding carboxylic acids is 1. The molecule has 11 heteroatoms. The number of carbonyl (C=O) groups is 1. The monoisotopic (exact) mass is 441 g/mol. The molecule has 29 heavy (non-hydrogen) atoms. The standard InChI is InChI=1S/C18H17F2N3O4S2/c1-2-27-11-3-5-12(6-4-11)29(25,26)21-8-7-17(24)23-18-22-15-9-13(19)14(20)10-16(15)28-18/h3-6,9-10,21H,2,7-8H2,1H3,(H,22,23,24). The number of nitrogens with zero attached hydrogens (tertiary/aromatic N) is 1. The van der Waals surface area contributed by atoms with Crippen molar-refractivity contribution in [3.63, 3.8) is 0 Å². The summed E-state index contributed by atoms with van der Waals surface area (Å²) in [5, 5.41) is 2.66. The molecule has 0 aliphatic carbocycles. The first-order valence-electron chi connectivity index (χ1n) is 8.56. The number of hydrogen-bond acceptors (Lipinski definition) is 6. The van der Waals surface area contributed by atoms with Crippen molar-refractivity contribution in [1.29, 1.82) is 0 Å². The minimum Gasteiger partial charge on any atom is -0.494 e. The molecule has 1 amide bonds. The number of nitrogens with one attached hydrogen (secondary N) is 2. The summed E-state index contributed by atoms with van der Waals surface area (Å²) in [6.45, 7) is 2.16. The number of hydrogen-bond donors (Lipinski definition) is 2. The first-order chi connectivity index (χ1) is 13.8. The summed E-state index contributed by atoms with van der Waals surface area (Å²) < 4.78 is 59.0. The van der Waals surface area contributed by atoms with Crippen molar-refractivity contribution in [3.8, 4) is 5.75 Å². The normalized spacial score (nSPS) is 11.6. The quantitative estimate of drug-likeness (QED) is 0.559. The van der Waals surface area contributed by atoms with Crippen LogP contribution in [-0.4, -0.2) is 32.5 Å². The molecule has 0 fully saturated rings. The molecule has 2 aromatic carbocycles. The molecular weight excluding hydrogens is 424 g/mol. The van der Waals surface area contributed by atoms with Crippen LogP contribution in [0.25, 0.3) is 10.2 Å². The lowest BCUT2D eigenvalue weighted by Crippen LogP contribution is -2.27. The van der Waals surface area contributed by atoms with E-state index in [4.69, 9.17) is 4.74 Å². The van der Waals surface area contributed by atoms with Gasteiger partial charge in [-0.2, -0.15) is 0 Å². The van der Waals surface area contributed by atoms with Gasteiger partial charge < -0.3 is 10.1 Å². The molecule has 0 bridgehead atoms. The van der Waals surface area contributed by atoms with Crippen LogP contribution < -0.4 is 14.8 Å². The number of ether oxygens (including phenoxy) is 1. The molecule has 3 rings (SSSR count). The van der Waals surface area contributed by atoms with Crippen LogP contribution in [0.1, 0.15) is 13.3 Å². The average molecular weight is 441 g/mol. The molecule has 0 atom stereocenters. The zero-order valence-electron chi connectivity index (χ0n) is 15.2. The van der Waals surface area contributed by atoms with Crippen LogP contribution in [0.3, 0.4) is 0 Å². The zero-order valence-corrected chi connectivity index (χ0v) is 16.9. The molecule has 3 aromatic rings. The van der Waals surface area contributed by atoms with Gasteiger partial charge in [0, 0.05) is 19.0 Å². The smallest absolute Gasteiger partial charge is 0.240 e. The van der Waals surface area contributed by atoms with Crippen molar-refractivity contribution in [2.75, 3.05) is 18.5 Å². The number of halogens is 2. The molecular formula is C18H17F2N3O4S2. The number of anilines is 1. The highest BCUT2D eigenvalue weighted by Gasteiger charge is 2.15. The van der Waals surface area contributed by atoms with E-state index in [1.54, 1.807) is 12.1 Å². The maximum Gasteiger partial charge on any atom is 0.240 e. The molecule has 7 nitrogen and oxygen atoms in total. The van der Waals surface area contributed by atoms with Crippen molar-refractivity contribution in [1.82, 2.24) is 9.71 Å². The number of fused-ring (bicyclic) bond motifs is 1. The fraction of sp³-hybridized carbons (Fsp3) is 0.222. The van der Waals surface area contributed by atoms with Gasteiger partial charge in [0.25, 0.3) is 0 Å². The lowest BCUT2D eigenvalue weighted by Gasteiger charge is -2.08. The molecule has 2 N–H and O–H groups in total. The van der Waals surface area contributed by atoms with Crippen molar-refractivity contribution < 1.29 is 26.7 Å². The van der Waals surface area contributed by atoms with Crippen LogP contribution in [0.4, 0.5) is 13.9 Å². The van der Waals surface area contributed by atoms with Crippen LogP contribution in [0.5, 0.6) is 5.75 Å². The van der Waals surface area contributed by atoms with E-state index in [0.717, 1.165) is 23.5 Å². The van der Waals surface area contributed by atoms with E-state index in [-0.39, 0.29) is 28.5 Å². The number of thiazole rings is 1. The summed E-state index contributed by atoms with van der Waals surface area (Å²) in [5.74, 6) is -1.95. The molecule has 1 heterocycles. The Labute approximate surface area is 169 Å². The lowest BCUT2D eigenvalue weighted by atomic mass is 10.3. The van der Waals surface area contributed by atoms with Gasteiger partial charge >= 0.3 is 0 Å². The van der Waals surface area contributed by atoms with Gasteiger partial charge in [-0.3, -0.25) is 4.79 Å². The highest BCUT2D eigenvalue weighted by molar-refractivity contribution is 7.89. The molecule has 0 spiro atoms. The Morgan fingerprint density at radius 3 is 2.55 bits per heavy atom. The highest BCUT2D eigenvalue weighted by Crippen LogP contribution is 2.27. The SMILES string of the molecule is CCOc1ccc(S(=O)(=O)NCCC(=O)Nc2nc3cc(F)c(F)cc3s2)cc1. The Bertz CT molecular complexity index is 1090. The van der Waals surface area contributed by atoms with Crippen LogP contribution >= 0.6 is 11.3 Å². The Hall–Kier alpha value is -2.63. The Kier molecular flexibility index (Phi) is 6.40. The van der Waals surface area contributed by atoms with E-state index < -0.39 is 27.6 Å². The summed E-state index contributed by atoms with van der Waals surface area (Å²) in [5.41, 5.74) is 0.223. The molecule has 0 unspecified atom stereocenters. The van der Waals surface area contributed by atoms with Crippen LogP contribution in [0, 0.1) is 11.6 Å². The third-order valence-corrected chi connectivity index (χ3v) is 6.18. The number of rotatable bonds is 8. The molecule has 0 aliphatic rings. The van der Waals surface area contributed by atoms with E-state index in [0.29, 0.717) is 17.1 Å². The molecule has 0 saturated heterocycles. The van der Waals surface area contributed by atoms with Crippen LogP contribution in [-0.2, 0) is 14.8 Å². The van der Waals surface area contributed by atoms with E-state index in [9.17, 15) is 22.0 Å². The molecule has 1 aromatic heterocycles. The van der Waals surface area contributed by atoms with Gasteiger partial charge in [0.1, 0.15) is 5.75 Å². The minimum atomic E-state index is -3.77. The van der Waals surface area contributed by atoms with Gasteiger partial charge in [0.05, 0.1) is 21.7 Å². The fourth-order valence-corrected chi connectivity index (χ4v) is 4.34. The van der Waals surface area contributed by atoms with Gasteiger partial charge in [-0.1, -0.05) is 11.3 Å². The second-order valence-electron chi connectivity index (χ2n) is 5.85. The van der Waals surface area contributed by atoms with E-state index in [2.05, 4.69) is 15.0 Å². The van der Waals surface area contributed by atoms with Gasteiger partial charge in [0.15, 0.2) is 16.8 Å². The maximum atomic E-state index is 13.2. The third kappa shape index (κ3) is 5.25. The van der Waals surface area contributed by atoms with Gasteiger partial charge in [-0.05, 0) is 37.3 Å². The Morgan fingerprint density at radius 2 is 1.86 bits per heavy atom. The Morgan fingerprint density at radius 1 is 1.17 bits per heavy atom. The molecule has 154 valence electrons. The van der Waals surface area contributed by atoms with Gasteiger partial charge in [-0.15, -0.1) is 0 Å². The van der Waals surface area contributed by atoms with Crippen molar-refractivity contribution in [2.24, 2.45) is 0 Å². The average Bonchev–Trinajstić information content (AvgIpc) is 3.03. The van der Waals surface area contributed by atoms with Gasteiger partial charge in [0.2, 0.25) is 15.9 Å². The predicted molar refractivity (Wildman–Crippen MR) is 106 cm³/mol. The Balaban J connectivity index is 1.55. The van der Waals surface area contributed by atoms with Crippen LogP contribution in [0.15, 0.2) is 41.3 Å². The molecule has 0 radical (unpaired) electrons. The van der Waals surface area contributed by atoms with Crippen LogP contribution in [0.2, 0.25) is 0 Å². The number of amides is 1. The second kappa shape index (κ2) is 8.80. The number of sulfonamides is 1. The summed E-state index contributed by atoms with van der Waals surface area (Å²) in [6.07, 6.45) is -0.144.